The molecule has 0 aliphatic heterocycles. The van der Waals surface area contributed by atoms with Gasteiger partial charge in [0.15, 0.2) is 5.58 Å². The fourth-order valence-electron chi connectivity index (χ4n) is 2.96. The van der Waals surface area contributed by atoms with E-state index in [1.54, 1.807) is 6.07 Å². The maximum Gasteiger partial charge on any atom is 0.332 e. The number of carbonyl (C=O) groups excluding carboxylic acids is 1. The number of anilines is 1. The molecule has 3 heterocycles. The zero-order valence-corrected chi connectivity index (χ0v) is 14.6. The Morgan fingerprint density at radius 1 is 1.15 bits per heavy atom. The lowest BCUT2D eigenvalue weighted by atomic mass is 10.1. The zero-order chi connectivity index (χ0) is 19.1. The second-order valence-electron chi connectivity index (χ2n) is 6.15. The number of aryl methyl sites for hydroxylation is 1. The van der Waals surface area contributed by atoms with E-state index in [2.05, 4.69) is 15.5 Å². The molecule has 4 aromatic rings. The predicted molar refractivity (Wildman–Crippen MR) is 98.6 cm³/mol. The van der Waals surface area contributed by atoms with E-state index in [0.29, 0.717) is 17.0 Å². The van der Waals surface area contributed by atoms with Gasteiger partial charge in [0, 0.05) is 19.5 Å². The minimum Gasteiger partial charge on any atom is -0.356 e. The van der Waals surface area contributed by atoms with E-state index in [9.17, 15) is 14.4 Å². The van der Waals surface area contributed by atoms with Crippen LogP contribution in [0.15, 0.2) is 50.6 Å². The van der Waals surface area contributed by atoms with Crippen molar-refractivity contribution in [2.45, 2.75) is 6.42 Å². The van der Waals surface area contributed by atoms with Gasteiger partial charge < -0.3 is 9.84 Å². The van der Waals surface area contributed by atoms with Gasteiger partial charge in [-0.3, -0.25) is 18.7 Å². The third-order valence-electron chi connectivity index (χ3n) is 4.36. The third-order valence-corrected chi connectivity index (χ3v) is 4.36. The largest absolute Gasteiger partial charge is 0.356 e. The summed E-state index contributed by atoms with van der Waals surface area (Å²) in [5.74, 6) is -0.322. The average molecular weight is 365 g/mol. The molecule has 0 atom stereocenters. The Kier molecular flexibility index (Phi) is 3.84. The Hall–Kier alpha value is -3.75. The highest BCUT2D eigenvalue weighted by Gasteiger charge is 2.14. The van der Waals surface area contributed by atoms with Gasteiger partial charge in [0.2, 0.25) is 5.91 Å². The van der Waals surface area contributed by atoms with Crippen LogP contribution in [-0.2, 0) is 25.3 Å². The summed E-state index contributed by atoms with van der Waals surface area (Å²) in [5, 5.41) is 7.64. The zero-order valence-electron chi connectivity index (χ0n) is 14.6. The summed E-state index contributed by atoms with van der Waals surface area (Å²) >= 11 is 0. The van der Waals surface area contributed by atoms with Gasteiger partial charge in [0.1, 0.15) is 11.3 Å². The van der Waals surface area contributed by atoms with Gasteiger partial charge in [-0.1, -0.05) is 17.3 Å². The Morgan fingerprint density at radius 2 is 1.93 bits per heavy atom. The molecule has 0 aliphatic rings. The molecule has 1 aromatic carbocycles. The second kappa shape index (κ2) is 6.20. The molecule has 1 N–H and O–H groups in total. The Bertz CT molecular complexity index is 1320. The van der Waals surface area contributed by atoms with Crippen molar-refractivity contribution in [1.82, 2.24) is 19.3 Å². The van der Waals surface area contributed by atoms with Crippen LogP contribution in [0.4, 0.5) is 5.69 Å². The smallest absolute Gasteiger partial charge is 0.332 e. The third kappa shape index (κ3) is 2.78. The minimum atomic E-state index is -0.473. The number of carbonyl (C=O) groups is 1. The van der Waals surface area contributed by atoms with Crippen LogP contribution in [0.3, 0.4) is 0 Å². The second-order valence-corrected chi connectivity index (χ2v) is 6.15. The maximum atomic E-state index is 12.4. The van der Waals surface area contributed by atoms with Crippen LogP contribution in [0.5, 0.6) is 0 Å². The first-order valence-electron chi connectivity index (χ1n) is 8.14. The quantitative estimate of drug-likeness (QED) is 0.579. The van der Waals surface area contributed by atoms with E-state index in [1.165, 1.54) is 30.9 Å². The molecule has 0 aliphatic carbocycles. The van der Waals surface area contributed by atoms with Crippen molar-refractivity contribution < 1.29 is 9.32 Å². The van der Waals surface area contributed by atoms with Crippen LogP contribution < -0.4 is 16.6 Å². The van der Waals surface area contributed by atoms with Crippen molar-refractivity contribution in [3.63, 3.8) is 0 Å². The molecule has 0 spiro atoms. The summed E-state index contributed by atoms with van der Waals surface area (Å²) in [4.78, 5) is 40.8. The summed E-state index contributed by atoms with van der Waals surface area (Å²) in [5.41, 5.74) is 0.806. The monoisotopic (exact) mass is 365 g/mol. The molecule has 0 bridgehead atoms. The standard InChI is InChI=1S/C18H15N5O4/c1-22-16-12(17(25)23(2)18(22)26)7-10(9-19-16)20-15(24)8-13-11-5-3-4-6-14(11)27-21-13/h3-7,9H,8H2,1-2H3,(H,20,24). The van der Waals surface area contributed by atoms with Crippen LogP contribution in [0.2, 0.25) is 0 Å². The minimum absolute atomic E-state index is 0.0142. The van der Waals surface area contributed by atoms with Crippen LogP contribution in [-0.4, -0.2) is 25.2 Å². The van der Waals surface area contributed by atoms with E-state index in [0.717, 1.165) is 9.95 Å². The first kappa shape index (κ1) is 16.7. The number of benzene rings is 1. The molecule has 3 aromatic heterocycles. The molecule has 0 saturated carbocycles. The number of hydrogen-bond donors (Lipinski definition) is 1. The van der Waals surface area contributed by atoms with Gasteiger partial charge in [0.25, 0.3) is 5.56 Å². The van der Waals surface area contributed by atoms with Gasteiger partial charge in [-0.15, -0.1) is 0 Å². The normalized spacial score (nSPS) is 11.2. The van der Waals surface area contributed by atoms with Crippen LogP contribution >= 0.6 is 0 Å². The lowest BCUT2D eigenvalue weighted by molar-refractivity contribution is -0.115. The van der Waals surface area contributed by atoms with E-state index >= 15 is 0 Å². The van der Waals surface area contributed by atoms with Crippen molar-refractivity contribution in [3.8, 4) is 0 Å². The summed E-state index contributed by atoms with van der Waals surface area (Å²) in [7, 11) is 2.93. The summed E-state index contributed by atoms with van der Waals surface area (Å²) in [6.07, 6.45) is 1.42. The summed E-state index contributed by atoms with van der Waals surface area (Å²) in [6, 6.07) is 8.77. The van der Waals surface area contributed by atoms with E-state index in [-0.39, 0.29) is 23.4 Å². The van der Waals surface area contributed by atoms with Gasteiger partial charge in [-0.2, -0.15) is 0 Å². The molecule has 9 heteroatoms. The number of nitrogens with zero attached hydrogens (tertiary/aromatic N) is 4. The lowest BCUT2D eigenvalue weighted by Crippen LogP contribution is -2.37. The van der Waals surface area contributed by atoms with Gasteiger partial charge in [-0.05, 0) is 18.2 Å². The highest BCUT2D eigenvalue weighted by molar-refractivity contribution is 5.95. The number of aromatic nitrogens is 4. The van der Waals surface area contributed by atoms with Crippen molar-refractivity contribution >= 4 is 33.6 Å². The van der Waals surface area contributed by atoms with Crippen LogP contribution in [0.1, 0.15) is 5.69 Å². The molecule has 0 unspecified atom stereocenters. The lowest BCUT2D eigenvalue weighted by Gasteiger charge is -2.08. The summed E-state index contributed by atoms with van der Waals surface area (Å²) in [6.45, 7) is 0. The van der Waals surface area contributed by atoms with Gasteiger partial charge in [-0.25, -0.2) is 9.78 Å². The molecule has 0 saturated heterocycles. The molecule has 9 nitrogen and oxygen atoms in total. The highest BCUT2D eigenvalue weighted by atomic mass is 16.5. The van der Waals surface area contributed by atoms with E-state index in [4.69, 9.17) is 4.52 Å². The molecule has 4 rings (SSSR count). The molecule has 27 heavy (non-hydrogen) atoms. The first-order chi connectivity index (χ1) is 13.0. The number of amides is 1. The molecular weight excluding hydrogens is 350 g/mol. The predicted octanol–water partition coefficient (Wildman–Crippen LogP) is 0.955. The number of hydrogen-bond acceptors (Lipinski definition) is 6. The van der Waals surface area contributed by atoms with E-state index < -0.39 is 11.2 Å². The number of para-hydroxylation sites is 1. The topological polar surface area (TPSA) is 112 Å². The first-order valence-corrected chi connectivity index (χ1v) is 8.14. The fraction of sp³-hybridized carbons (Fsp3) is 0.167. The number of fused-ring (bicyclic) bond motifs is 2. The summed E-state index contributed by atoms with van der Waals surface area (Å²) < 4.78 is 7.47. The van der Waals surface area contributed by atoms with Gasteiger partial charge >= 0.3 is 5.69 Å². The Morgan fingerprint density at radius 3 is 2.74 bits per heavy atom. The molecule has 0 radical (unpaired) electrons. The van der Waals surface area contributed by atoms with E-state index in [1.807, 2.05) is 18.2 Å². The van der Waals surface area contributed by atoms with Crippen LogP contribution in [0, 0.1) is 0 Å². The van der Waals surface area contributed by atoms with Crippen molar-refractivity contribution in [2.75, 3.05) is 5.32 Å². The van der Waals surface area contributed by atoms with Crippen molar-refractivity contribution in [1.29, 1.82) is 0 Å². The fourth-order valence-corrected chi connectivity index (χ4v) is 2.96. The maximum absolute atomic E-state index is 12.4. The molecular formula is C18H15N5O4. The van der Waals surface area contributed by atoms with Crippen molar-refractivity contribution in [2.24, 2.45) is 14.1 Å². The van der Waals surface area contributed by atoms with Crippen LogP contribution in [0.25, 0.3) is 22.0 Å². The number of nitrogens with one attached hydrogen (secondary N) is 1. The molecule has 0 fully saturated rings. The SMILES string of the molecule is Cn1c(=O)c2cc(NC(=O)Cc3noc4ccccc34)cnc2n(C)c1=O. The Balaban J connectivity index is 1.64. The Labute approximate surface area is 151 Å². The number of rotatable bonds is 3. The van der Waals surface area contributed by atoms with Gasteiger partial charge in [0.05, 0.1) is 23.7 Å². The average Bonchev–Trinajstić information content (AvgIpc) is 3.07. The highest BCUT2D eigenvalue weighted by Crippen LogP contribution is 2.19. The molecule has 1 amide bonds. The molecule has 136 valence electrons. The van der Waals surface area contributed by atoms with Crippen molar-refractivity contribution in [3.05, 3.63) is 63.1 Å². The number of pyridine rings is 1.